The second-order valence-electron chi connectivity index (χ2n) is 5.89. The van der Waals surface area contributed by atoms with Crippen LogP contribution in [0.25, 0.3) is 0 Å². The lowest BCUT2D eigenvalue weighted by Crippen LogP contribution is -2.58. The molecule has 2 unspecified atom stereocenters. The summed E-state index contributed by atoms with van der Waals surface area (Å²) in [6, 6.07) is 10.5. The molecule has 2 saturated heterocycles. The zero-order valence-electron chi connectivity index (χ0n) is 12.0. The van der Waals surface area contributed by atoms with E-state index in [4.69, 9.17) is 9.47 Å². The van der Waals surface area contributed by atoms with Gasteiger partial charge in [-0.05, 0) is 18.9 Å². The number of aliphatic hydroxyl groups excluding tert-OH is 1. The van der Waals surface area contributed by atoms with Crippen molar-refractivity contribution in [1.29, 1.82) is 0 Å². The second-order valence-corrected chi connectivity index (χ2v) is 5.89. The van der Waals surface area contributed by atoms with E-state index in [-0.39, 0.29) is 11.5 Å². The maximum Gasteiger partial charge on any atom is 0.158 e. The number of hydrogen-bond donors (Lipinski definition) is 1. The minimum absolute atomic E-state index is 0.110. The lowest BCUT2D eigenvalue weighted by Gasteiger charge is -2.45. The third kappa shape index (κ3) is 2.61. The summed E-state index contributed by atoms with van der Waals surface area (Å²) >= 11 is 0. The summed E-state index contributed by atoms with van der Waals surface area (Å²) in [6.07, 6.45) is 0.305. The van der Waals surface area contributed by atoms with E-state index in [0.29, 0.717) is 6.61 Å². The quantitative estimate of drug-likeness (QED) is 0.831. The molecule has 0 bridgehead atoms. The molecule has 4 nitrogen and oxygen atoms in total. The van der Waals surface area contributed by atoms with Gasteiger partial charge in [-0.25, -0.2) is 0 Å². The number of likely N-dealkylation sites (tertiary alicyclic amines) is 1. The Balaban J connectivity index is 1.69. The molecule has 2 heterocycles. The van der Waals surface area contributed by atoms with E-state index < -0.39 is 6.29 Å². The third-order valence-corrected chi connectivity index (χ3v) is 4.47. The number of nitrogens with zero attached hydrogens (tertiary/aromatic N) is 1. The van der Waals surface area contributed by atoms with Crippen molar-refractivity contribution >= 4 is 0 Å². The molecule has 0 aromatic heterocycles. The average Bonchev–Trinajstić information content (AvgIpc) is 2.80. The third-order valence-electron chi connectivity index (χ3n) is 4.47. The van der Waals surface area contributed by atoms with Crippen molar-refractivity contribution < 1.29 is 14.6 Å². The van der Waals surface area contributed by atoms with Gasteiger partial charge in [0.2, 0.25) is 0 Å². The predicted molar refractivity (Wildman–Crippen MR) is 76.1 cm³/mol. The molecule has 2 aliphatic rings. The van der Waals surface area contributed by atoms with Crippen molar-refractivity contribution in [1.82, 2.24) is 4.90 Å². The molecule has 110 valence electrons. The van der Waals surface area contributed by atoms with Gasteiger partial charge in [-0.1, -0.05) is 30.3 Å². The summed E-state index contributed by atoms with van der Waals surface area (Å²) in [6.45, 7) is 5.81. The van der Waals surface area contributed by atoms with E-state index in [9.17, 15) is 5.11 Å². The van der Waals surface area contributed by atoms with Crippen LogP contribution < -0.4 is 0 Å². The van der Waals surface area contributed by atoms with Crippen LogP contribution in [0.15, 0.2) is 30.3 Å². The van der Waals surface area contributed by atoms with Gasteiger partial charge < -0.3 is 14.6 Å². The van der Waals surface area contributed by atoms with E-state index >= 15 is 0 Å². The summed E-state index contributed by atoms with van der Waals surface area (Å²) in [4.78, 5) is 2.46. The van der Waals surface area contributed by atoms with Crippen LogP contribution >= 0.6 is 0 Å². The van der Waals surface area contributed by atoms with Gasteiger partial charge in [0.05, 0.1) is 18.8 Å². The highest BCUT2D eigenvalue weighted by Crippen LogP contribution is 2.41. The minimum atomic E-state index is -0.654. The maximum atomic E-state index is 10.1. The lowest BCUT2D eigenvalue weighted by atomic mass is 9.90. The number of aliphatic hydroxyl groups is 1. The van der Waals surface area contributed by atoms with Crippen LogP contribution in [0.1, 0.15) is 18.9 Å². The van der Waals surface area contributed by atoms with Gasteiger partial charge in [-0.3, -0.25) is 4.90 Å². The predicted octanol–water partition coefficient (Wildman–Crippen LogP) is 1.63. The van der Waals surface area contributed by atoms with Crippen LogP contribution in [0.2, 0.25) is 0 Å². The molecular formula is C16H23NO3. The zero-order valence-corrected chi connectivity index (χ0v) is 12.0. The average molecular weight is 277 g/mol. The molecule has 0 aliphatic carbocycles. The van der Waals surface area contributed by atoms with Gasteiger partial charge in [-0.2, -0.15) is 0 Å². The van der Waals surface area contributed by atoms with Crippen LogP contribution in [0, 0.1) is 5.92 Å². The van der Waals surface area contributed by atoms with Crippen molar-refractivity contribution in [2.45, 2.75) is 31.7 Å². The zero-order chi connectivity index (χ0) is 14.0. The first-order valence-corrected chi connectivity index (χ1v) is 7.40. The lowest BCUT2D eigenvalue weighted by molar-refractivity contribution is -0.137. The molecule has 0 radical (unpaired) electrons. The molecule has 0 amide bonds. The Labute approximate surface area is 120 Å². The van der Waals surface area contributed by atoms with E-state index in [1.54, 1.807) is 0 Å². The van der Waals surface area contributed by atoms with Crippen molar-refractivity contribution in [2.24, 2.45) is 5.92 Å². The van der Waals surface area contributed by atoms with E-state index in [1.807, 2.05) is 13.0 Å². The van der Waals surface area contributed by atoms with E-state index in [2.05, 4.69) is 29.2 Å². The molecule has 2 atom stereocenters. The second kappa shape index (κ2) is 5.82. The van der Waals surface area contributed by atoms with Gasteiger partial charge in [0.15, 0.2) is 6.29 Å². The van der Waals surface area contributed by atoms with Crippen molar-refractivity contribution in [3.8, 4) is 0 Å². The fraction of sp³-hybridized carbons (Fsp3) is 0.625. The number of rotatable bonds is 5. The fourth-order valence-corrected chi connectivity index (χ4v) is 3.33. The minimum Gasteiger partial charge on any atom is -0.377 e. The number of ether oxygens (including phenoxy) is 2. The Morgan fingerprint density at radius 1 is 1.40 bits per heavy atom. The van der Waals surface area contributed by atoms with Crippen LogP contribution in [0.4, 0.5) is 0 Å². The van der Waals surface area contributed by atoms with Crippen molar-refractivity contribution in [3.05, 3.63) is 35.9 Å². The Hall–Kier alpha value is -0.940. The normalized spacial score (nSPS) is 26.6. The summed E-state index contributed by atoms with van der Waals surface area (Å²) in [5.74, 6) is 0.183. The van der Waals surface area contributed by atoms with Gasteiger partial charge in [0.1, 0.15) is 0 Å². The highest BCUT2D eigenvalue weighted by atomic mass is 16.6. The van der Waals surface area contributed by atoms with Gasteiger partial charge in [-0.15, -0.1) is 0 Å². The molecule has 1 aromatic rings. The Kier molecular flexibility index (Phi) is 4.08. The molecule has 3 rings (SSSR count). The SMILES string of the molecule is CCOC(O)C1CN(Cc2ccccc2)C2(COC2)C1. The van der Waals surface area contributed by atoms with Crippen LogP contribution in [0.5, 0.6) is 0 Å². The Bertz CT molecular complexity index is 433. The summed E-state index contributed by atoms with van der Waals surface area (Å²) in [5, 5.41) is 10.1. The molecule has 20 heavy (non-hydrogen) atoms. The van der Waals surface area contributed by atoms with E-state index in [0.717, 1.165) is 32.7 Å². The summed E-state index contributed by atoms with van der Waals surface area (Å²) in [5.41, 5.74) is 1.42. The molecule has 0 saturated carbocycles. The topological polar surface area (TPSA) is 41.9 Å². The van der Waals surface area contributed by atoms with Crippen molar-refractivity contribution in [2.75, 3.05) is 26.4 Å². The monoisotopic (exact) mass is 277 g/mol. The largest absolute Gasteiger partial charge is 0.377 e. The molecule has 4 heteroatoms. The van der Waals surface area contributed by atoms with Crippen LogP contribution in [-0.2, 0) is 16.0 Å². The molecule has 2 aliphatic heterocycles. The molecule has 1 N–H and O–H groups in total. The first kappa shape index (κ1) is 14.0. The van der Waals surface area contributed by atoms with Gasteiger partial charge in [0.25, 0.3) is 0 Å². The van der Waals surface area contributed by atoms with Gasteiger partial charge >= 0.3 is 0 Å². The highest BCUT2D eigenvalue weighted by molar-refractivity contribution is 5.16. The summed E-state index contributed by atoms with van der Waals surface area (Å²) in [7, 11) is 0. The molecule has 1 aromatic carbocycles. The van der Waals surface area contributed by atoms with Crippen LogP contribution in [0.3, 0.4) is 0 Å². The maximum absolute atomic E-state index is 10.1. The van der Waals surface area contributed by atoms with E-state index in [1.165, 1.54) is 5.56 Å². The van der Waals surface area contributed by atoms with Crippen LogP contribution in [-0.4, -0.2) is 48.2 Å². The number of benzene rings is 1. The standard InChI is InChI=1S/C16H23NO3/c1-2-20-15(18)14-8-16(11-19-12-16)17(10-14)9-13-6-4-3-5-7-13/h3-7,14-15,18H,2,8-12H2,1H3. The first-order valence-electron chi connectivity index (χ1n) is 7.40. The molecule has 2 fully saturated rings. The first-order chi connectivity index (χ1) is 9.73. The molecular weight excluding hydrogens is 254 g/mol. The summed E-state index contributed by atoms with van der Waals surface area (Å²) < 4.78 is 10.8. The molecule has 1 spiro atoms. The fourth-order valence-electron chi connectivity index (χ4n) is 3.33. The smallest absolute Gasteiger partial charge is 0.158 e. The number of hydrogen-bond acceptors (Lipinski definition) is 4. The highest BCUT2D eigenvalue weighted by Gasteiger charge is 2.52. The Morgan fingerprint density at radius 2 is 2.15 bits per heavy atom. The Morgan fingerprint density at radius 3 is 2.75 bits per heavy atom. The van der Waals surface area contributed by atoms with Crippen molar-refractivity contribution in [3.63, 3.8) is 0 Å². The van der Waals surface area contributed by atoms with Gasteiger partial charge in [0, 0.05) is 25.6 Å².